The van der Waals surface area contributed by atoms with Gasteiger partial charge in [-0.15, -0.1) is 0 Å². The van der Waals surface area contributed by atoms with Crippen molar-refractivity contribution in [2.75, 3.05) is 0 Å². The fourth-order valence-corrected chi connectivity index (χ4v) is 17.6. The summed E-state index contributed by atoms with van der Waals surface area (Å²) < 4.78 is 103. The molecule has 0 aromatic heterocycles. The topological polar surface area (TPSA) is 200 Å². The second-order valence-corrected chi connectivity index (χ2v) is 34.7. The lowest BCUT2D eigenvalue weighted by atomic mass is 10.0. The van der Waals surface area contributed by atoms with Crippen LogP contribution in [0.2, 0.25) is 10.0 Å². The number of sulfone groups is 3. The van der Waals surface area contributed by atoms with Crippen molar-refractivity contribution in [1.29, 1.82) is 0 Å². The summed E-state index contributed by atoms with van der Waals surface area (Å²) in [5.74, 6) is 5.35. The molecule has 19 aromatic rings. The standard InChI is InChI=1S/C64H42O8S2.C14H10O.C12H8Cl2O2S.C12H10O2/c65-73(66,63-33-25-57(26-34-63)71-59-19-13-49-37-45-5-1-3-7-47(45)39-51(49)41-59)61-29-21-55(22-30-61)69-53-15-9-43(10-16-53)44-11-17-54(18-12-44)70-56-23-31-62(32-24-56)74(67,68)64-35-27-58(28-36-64)72-60-20-14-50-38-46-6-2-4-8-48(46)40-52(50)42-60;15-14-6-5-12-7-10-3-1-2-4-11(10)8-13(12)9-14;13-9-1-5-11(6-2-9)17(15,16)12-7-3-10(14)4-8-12;13-11-5-1-9(2-6-11)10-3-7-12(14)8-4-10/h1-42H;1-9,15H;1-8H;1-8,13-14H. The molecule has 0 fully saturated rings. The van der Waals surface area contributed by atoms with Gasteiger partial charge < -0.3 is 34.3 Å². The van der Waals surface area contributed by atoms with E-state index >= 15 is 0 Å². The molecule has 0 amide bonds. The van der Waals surface area contributed by atoms with E-state index in [0.29, 0.717) is 61.8 Å². The number of ether oxygens (including phenoxy) is 4. The van der Waals surface area contributed by atoms with Crippen LogP contribution in [0.3, 0.4) is 0 Å². The minimum atomic E-state index is -3.80. The SMILES string of the molecule is O=S(=O)(c1ccc(Cl)cc1)c1ccc(Cl)cc1.O=S(=O)(c1ccc(Oc2ccc(-c3ccc(Oc4ccc(S(=O)(=O)c5ccc(Oc6ccc7cc8ccccc8cc7c6)cc5)cc4)cc3)cc2)cc1)c1ccc(Oc2ccc3cc4ccccc4cc3c2)cc1.Oc1ccc(-c2ccc(O)cc2)cc1.Oc1ccc2cc3ccccc3cc2c1. The number of hydrogen-bond donors (Lipinski definition) is 3. The Morgan fingerprint density at radius 1 is 0.175 bits per heavy atom. The number of aromatic hydroxyl groups is 3. The highest BCUT2D eigenvalue weighted by atomic mass is 35.5. The maximum Gasteiger partial charge on any atom is 0.206 e. The van der Waals surface area contributed by atoms with Crippen molar-refractivity contribution >= 4 is 117 Å². The van der Waals surface area contributed by atoms with Crippen LogP contribution in [0, 0.1) is 0 Å². The van der Waals surface area contributed by atoms with Crippen molar-refractivity contribution in [3.8, 4) is 85.5 Å². The normalized spacial score (nSPS) is 11.4. The van der Waals surface area contributed by atoms with Crippen LogP contribution in [-0.2, 0) is 29.5 Å². The molecule has 13 nitrogen and oxygen atoms in total. The van der Waals surface area contributed by atoms with E-state index in [0.717, 1.165) is 65.3 Å². The van der Waals surface area contributed by atoms with Gasteiger partial charge in [-0.25, -0.2) is 25.3 Å². The Kier molecular flexibility index (Phi) is 23.2. The van der Waals surface area contributed by atoms with Crippen LogP contribution in [-0.4, -0.2) is 40.6 Å². The number of phenols is 3. The fourth-order valence-electron chi connectivity index (χ4n) is 13.6. The lowest BCUT2D eigenvalue weighted by Gasteiger charge is -2.11. The van der Waals surface area contributed by atoms with E-state index in [-0.39, 0.29) is 40.9 Å². The highest BCUT2D eigenvalue weighted by Crippen LogP contribution is 2.37. The number of hydrogen-bond acceptors (Lipinski definition) is 13. The Morgan fingerprint density at radius 2 is 0.358 bits per heavy atom. The predicted molar refractivity (Wildman–Crippen MR) is 478 cm³/mol. The van der Waals surface area contributed by atoms with Crippen LogP contribution in [0.1, 0.15) is 0 Å². The Balaban J connectivity index is 0.000000185. The van der Waals surface area contributed by atoms with Crippen LogP contribution in [0.5, 0.6) is 63.2 Å². The van der Waals surface area contributed by atoms with Crippen molar-refractivity contribution in [3.63, 3.8) is 0 Å². The van der Waals surface area contributed by atoms with Gasteiger partial charge in [-0.05, 0) is 354 Å². The third-order valence-corrected chi connectivity index (χ3v) is 25.7. The largest absolute Gasteiger partial charge is 0.508 e. The molecule has 0 saturated carbocycles. The van der Waals surface area contributed by atoms with Gasteiger partial charge in [0.2, 0.25) is 29.5 Å². The van der Waals surface area contributed by atoms with Gasteiger partial charge in [-0.3, -0.25) is 0 Å². The van der Waals surface area contributed by atoms with E-state index in [2.05, 4.69) is 72.8 Å². The summed E-state index contributed by atoms with van der Waals surface area (Å²) in [6, 6.07) is 121. The van der Waals surface area contributed by atoms with E-state index < -0.39 is 29.5 Å². The molecule has 0 aliphatic rings. The fraction of sp³-hybridized carbons (Fsp3) is 0. The van der Waals surface area contributed by atoms with Gasteiger partial charge in [0.05, 0.1) is 29.4 Å². The third kappa shape index (κ3) is 18.7. The Hall–Kier alpha value is -14.2. The molecule has 0 unspecified atom stereocenters. The first-order valence-electron chi connectivity index (χ1n) is 37.8. The van der Waals surface area contributed by atoms with Crippen LogP contribution < -0.4 is 18.9 Å². The molecule has 0 aliphatic heterocycles. The summed E-state index contributed by atoms with van der Waals surface area (Å²) in [6.07, 6.45) is 0. The maximum atomic E-state index is 13.6. The summed E-state index contributed by atoms with van der Waals surface area (Å²) >= 11 is 11.4. The van der Waals surface area contributed by atoms with Crippen LogP contribution in [0.15, 0.2) is 436 Å². The predicted octanol–water partition coefficient (Wildman–Crippen LogP) is 27.1. The Bertz CT molecular complexity index is 6920. The maximum absolute atomic E-state index is 13.6. The summed E-state index contributed by atoms with van der Waals surface area (Å²) in [6.45, 7) is 0. The molecule has 0 radical (unpaired) electrons. The molecular formula is C102H70Cl2O13S3. The van der Waals surface area contributed by atoms with Crippen molar-refractivity contribution in [3.05, 3.63) is 416 Å². The summed E-state index contributed by atoms with van der Waals surface area (Å²) in [5.41, 5.74) is 3.93. The third-order valence-electron chi connectivity index (χ3n) is 19.9. The molecule has 19 rings (SSSR count). The van der Waals surface area contributed by atoms with Gasteiger partial charge in [-0.2, -0.15) is 0 Å². The zero-order valence-corrected chi connectivity index (χ0v) is 67.5. The highest BCUT2D eigenvalue weighted by molar-refractivity contribution is 7.92. The van der Waals surface area contributed by atoms with E-state index in [1.54, 1.807) is 133 Å². The van der Waals surface area contributed by atoms with Gasteiger partial charge >= 0.3 is 0 Å². The van der Waals surface area contributed by atoms with E-state index in [4.69, 9.17) is 52.4 Å². The summed E-state index contributed by atoms with van der Waals surface area (Å²) in [7, 11) is -11.1. The minimum absolute atomic E-state index is 0.143. The van der Waals surface area contributed by atoms with E-state index in [9.17, 15) is 30.4 Å². The molecule has 0 aliphatic carbocycles. The van der Waals surface area contributed by atoms with Gasteiger partial charge in [-0.1, -0.05) is 163 Å². The molecule has 120 heavy (non-hydrogen) atoms. The lowest BCUT2D eigenvalue weighted by Crippen LogP contribution is -2.01. The Labute approximate surface area is 703 Å². The minimum Gasteiger partial charge on any atom is -0.508 e. The number of fused-ring (bicyclic) bond motifs is 6. The first-order valence-corrected chi connectivity index (χ1v) is 43.0. The van der Waals surface area contributed by atoms with Crippen LogP contribution >= 0.6 is 23.2 Å². The number of rotatable bonds is 16. The van der Waals surface area contributed by atoms with Crippen LogP contribution in [0.4, 0.5) is 0 Å². The summed E-state index contributed by atoms with van der Waals surface area (Å²) in [4.78, 5) is 1.01. The molecule has 0 bridgehead atoms. The van der Waals surface area contributed by atoms with E-state index in [1.807, 2.05) is 152 Å². The van der Waals surface area contributed by atoms with Crippen molar-refractivity contribution in [2.45, 2.75) is 29.4 Å². The molecule has 588 valence electrons. The first-order chi connectivity index (χ1) is 58.1. The number of halogens is 2. The van der Waals surface area contributed by atoms with Crippen molar-refractivity contribution < 1.29 is 59.5 Å². The lowest BCUT2D eigenvalue weighted by molar-refractivity contribution is 0.474. The molecule has 0 spiro atoms. The quantitative estimate of drug-likeness (QED) is 0.0773. The molecule has 0 heterocycles. The molecule has 0 saturated heterocycles. The monoisotopic (exact) mass is 1670 g/mol. The zero-order chi connectivity index (χ0) is 82.9. The molecular weight excluding hydrogens is 1600 g/mol. The average Bonchev–Trinajstić information content (AvgIpc) is 0.799. The van der Waals surface area contributed by atoms with Gasteiger partial charge in [0, 0.05) is 10.0 Å². The highest BCUT2D eigenvalue weighted by Gasteiger charge is 2.22. The molecule has 0 atom stereocenters. The number of phenolic OH excluding ortho intramolecular Hbond substituents is 3. The first kappa shape index (κ1) is 79.6. The second kappa shape index (κ2) is 34.9. The van der Waals surface area contributed by atoms with Crippen LogP contribution in [0.25, 0.3) is 86.9 Å². The average molecular weight is 1670 g/mol. The smallest absolute Gasteiger partial charge is 0.206 e. The molecule has 19 aromatic carbocycles. The van der Waals surface area contributed by atoms with Crippen molar-refractivity contribution in [2.24, 2.45) is 0 Å². The zero-order valence-electron chi connectivity index (χ0n) is 63.6. The van der Waals surface area contributed by atoms with Gasteiger partial charge in [0.15, 0.2) is 0 Å². The van der Waals surface area contributed by atoms with Crippen molar-refractivity contribution in [1.82, 2.24) is 0 Å². The molecule has 3 N–H and O–H groups in total. The second-order valence-electron chi connectivity index (χ2n) is 28.0. The molecule has 18 heteroatoms. The van der Waals surface area contributed by atoms with Gasteiger partial charge in [0.1, 0.15) is 63.2 Å². The van der Waals surface area contributed by atoms with E-state index in [1.165, 1.54) is 70.1 Å². The Morgan fingerprint density at radius 3 is 0.625 bits per heavy atom. The number of benzene rings is 19. The van der Waals surface area contributed by atoms with Gasteiger partial charge in [0.25, 0.3) is 0 Å². The summed E-state index contributed by atoms with van der Waals surface area (Å²) in [5, 5.41) is 42.3.